The number of nitrogens with zero attached hydrogens (tertiary/aromatic N) is 1. The van der Waals surface area contributed by atoms with Crippen LogP contribution in [0, 0.1) is 11.3 Å². The number of nitrogens with two attached hydrogens (primary N) is 1. The highest BCUT2D eigenvalue weighted by molar-refractivity contribution is 7.10. The number of benzene rings is 2. The second kappa shape index (κ2) is 14.9. The molecule has 1 aromatic heterocycles. The van der Waals surface area contributed by atoms with Crippen LogP contribution in [0.2, 0.25) is 0 Å². The summed E-state index contributed by atoms with van der Waals surface area (Å²) >= 11 is 1.34. The van der Waals surface area contributed by atoms with Crippen molar-refractivity contribution in [3.63, 3.8) is 0 Å². The highest BCUT2D eigenvalue weighted by Gasteiger charge is 2.41. The Morgan fingerprint density at radius 1 is 1.07 bits per heavy atom. The lowest BCUT2D eigenvalue weighted by molar-refractivity contribution is -0.160. The number of alkyl halides is 2. The summed E-state index contributed by atoms with van der Waals surface area (Å²) in [6, 6.07) is 15.7. The zero-order valence-corrected chi connectivity index (χ0v) is 25.1. The van der Waals surface area contributed by atoms with Crippen molar-refractivity contribution in [2.45, 2.75) is 51.5 Å². The van der Waals surface area contributed by atoms with Gasteiger partial charge in [-0.25, -0.2) is 0 Å². The first-order valence-corrected chi connectivity index (χ1v) is 15.0. The summed E-state index contributed by atoms with van der Waals surface area (Å²) in [6.45, 7) is 0.225. The number of amidine groups is 1. The molecule has 5 N–H and O–H groups in total. The van der Waals surface area contributed by atoms with E-state index in [1.54, 1.807) is 47.8 Å². The van der Waals surface area contributed by atoms with Gasteiger partial charge in [-0.15, -0.1) is 11.3 Å². The van der Waals surface area contributed by atoms with Gasteiger partial charge in [0.2, 0.25) is 11.8 Å². The van der Waals surface area contributed by atoms with Crippen molar-refractivity contribution in [2.24, 2.45) is 11.7 Å². The van der Waals surface area contributed by atoms with Gasteiger partial charge in [-0.2, -0.15) is 8.78 Å². The standard InChI is InChI=1S/C31H35F2N5O5S/c1-18(2)12-24(26-13-20(17-44-26)28(34)35)37-30(41)25-14-23(43-31(32)33)16-38(25)27(39)15-36-29(40)19-8-10-22(11-9-19)42-21-6-4-3-5-7-21/h3-11,13,17-18,23-25,31H,12,14-16H2,1-2H3,(H3,34,35)(H,36,40)(H,37,41)/t23-,24?,25+/m1/s1. The average molecular weight is 628 g/mol. The van der Waals surface area contributed by atoms with Crippen LogP contribution >= 0.6 is 11.3 Å². The second-order valence-electron chi connectivity index (χ2n) is 10.8. The molecule has 44 heavy (non-hydrogen) atoms. The topological polar surface area (TPSA) is 147 Å². The molecule has 3 atom stereocenters. The average Bonchev–Trinajstić information content (AvgIpc) is 3.64. The molecule has 3 aromatic rings. The van der Waals surface area contributed by atoms with E-state index in [1.807, 2.05) is 32.0 Å². The van der Waals surface area contributed by atoms with Crippen LogP contribution < -0.4 is 21.1 Å². The number of amides is 3. The molecular weight excluding hydrogens is 592 g/mol. The van der Waals surface area contributed by atoms with E-state index in [0.717, 1.165) is 4.88 Å². The molecule has 1 aliphatic rings. The molecule has 0 spiro atoms. The van der Waals surface area contributed by atoms with Crippen molar-refractivity contribution in [3.05, 3.63) is 82.0 Å². The van der Waals surface area contributed by atoms with Crippen LogP contribution in [-0.4, -0.2) is 60.3 Å². The largest absolute Gasteiger partial charge is 0.457 e. The molecule has 0 radical (unpaired) electrons. The molecule has 234 valence electrons. The molecule has 1 unspecified atom stereocenters. The van der Waals surface area contributed by atoms with Crippen molar-refractivity contribution in [1.82, 2.24) is 15.5 Å². The van der Waals surface area contributed by atoms with Gasteiger partial charge >= 0.3 is 6.61 Å². The number of nitrogen functional groups attached to an aromatic ring is 1. The fourth-order valence-corrected chi connectivity index (χ4v) is 5.86. The molecule has 1 aliphatic heterocycles. The van der Waals surface area contributed by atoms with Gasteiger partial charge in [-0.1, -0.05) is 32.0 Å². The summed E-state index contributed by atoms with van der Waals surface area (Å²) in [5.74, 6) is -0.410. The molecule has 1 fully saturated rings. The van der Waals surface area contributed by atoms with Crippen LogP contribution in [0.1, 0.15) is 53.5 Å². The van der Waals surface area contributed by atoms with Crippen molar-refractivity contribution < 1.29 is 32.6 Å². The molecule has 1 saturated heterocycles. The summed E-state index contributed by atoms with van der Waals surface area (Å²) in [4.78, 5) is 41.5. The summed E-state index contributed by atoms with van der Waals surface area (Å²) in [6.07, 6.45) is -0.625. The number of carbonyl (C=O) groups is 3. The number of para-hydroxylation sites is 1. The lowest BCUT2D eigenvalue weighted by Gasteiger charge is -2.27. The van der Waals surface area contributed by atoms with Crippen LogP contribution in [-0.2, 0) is 14.3 Å². The Kier molecular flexibility index (Phi) is 11.0. The van der Waals surface area contributed by atoms with Crippen molar-refractivity contribution in [2.75, 3.05) is 13.1 Å². The van der Waals surface area contributed by atoms with E-state index in [2.05, 4.69) is 15.4 Å². The number of rotatable bonds is 13. The van der Waals surface area contributed by atoms with Crippen LogP contribution in [0.4, 0.5) is 8.78 Å². The Balaban J connectivity index is 1.41. The van der Waals surface area contributed by atoms with E-state index >= 15 is 0 Å². The number of thiophene rings is 1. The molecule has 2 heterocycles. The molecule has 0 bridgehead atoms. The van der Waals surface area contributed by atoms with E-state index < -0.39 is 49.1 Å². The van der Waals surface area contributed by atoms with Gasteiger partial charge < -0.3 is 30.7 Å². The van der Waals surface area contributed by atoms with Crippen molar-refractivity contribution in [1.29, 1.82) is 5.41 Å². The minimum atomic E-state index is -3.07. The van der Waals surface area contributed by atoms with E-state index in [9.17, 15) is 23.2 Å². The predicted molar refractivity (Wildman–Crippen MR) is 162 cm³/mol. The van der Waals surface area contributed by atoms with Crippen LogP contribution in [0.3, 0.4) is 0 Å². The fourth-order valence-electron chi connectivity index (χ4n) is 4.89. The number of halogens is 2. The van der Waals surface area contributed by atoms with Crippen LogP contribution in [0.25, 0.3) is 0 Å². The number of carbonyl (C=O) groups excluding carboxylic acids is 3. The van der Waals surface area contributed by atoms with E-state index in [-0.39, 0.29) is 30.3 Å². The number of hydrogen-bond acceptors (Lipinski definition) is 7. The zero-order chi connectivity index (χ0) is 31.8. The van der Waals surface area contributed by atoms with Crippen LogP contribution in [0.5, 0.6) is 11.5 Å². The Morgan fingerprint density at radius 2 is 1.75 bits per heavy atom. The molecule has 13 heteroatoms. The van der Waals surface area contributed by atoms with E-state index in [1.165, 1.54) is 16.2 Å². The zero-order valence-electron chi connectivity index (χ0n) is 24.3. The van der Waals surface area contributed by atoms with E-state index in [0.29, 0.717) is 23.5 Å². The quantitative estimate of drug-likeness (QED) is 0.160. The summed E-state index contributed by atoms with van der Waals surface area (Å²) in [5, 5.41) is 14.9. The molecule has 2 aromatic carbocycles. The number of likely N-dealkylation sites (tertiary alicyclic amines) is 1. The molecule has 3 amide bonds. The van der Waals surface area contributed by atoms with Gasteiger partial charge in [-0.3, -0.25) is 19.8 Å². The van der Waals surface area contributed by atoms with Gasteiger partial charge in [0, 0.05) is 34.3 Å². The predicted octanol–water partition coefficient (Wildman–Crippen LogP) is 4.67. The third kappa shape index (κ3) is 8.83. The molecular formula is C31H35F2N5O5S. The first-order chi connectivity index (χ1) is 21.0. The Bertz CT molecular complexity index is 1450. The Hall–Kier alpha value is -4.36. The van der Waals surface area contributed by atoms with Gasteiger partial charge in [0.1, 0.15) is 23.4 Å². The summed E-state index contributed by atoms with van der Waals surface area (Å²) < 4.78 is 36.5. The lowest BCUT2D eigenvalue weighted by Crippen LogP contribution is -2.49. The molecule has 0 saturated carbocycles. The van der Waals surface area contributed by atoms with Gasteiger partial charge in [0.25, 0.3) is 5.91 Å². The highest BCUT2D eigenvalue weighted by atomic mass is 32.1. The SMILES string of the molecule is CC(C)CC(NC(=O)[C@@H]1C[C@@H](OC(F)F)CN1C(=O)CNC(=O)c1ccc(Oc2ccccc2)cc1)c1cc(C(=N)N)cs1. The van der Waals surface area contributed by atoms with Gasteiger partial charge in [-0.05, 0) is 54.8 Å². The first-order valence-electron chi connectivity index (χ1n) is 14.1. The summed E-state index contributed by atoms with van der Waals surface area (Å²) in [7, 11) is 0. The van der Waals surface area contributed by atoms with E-state index in [4.69, 9.17) is 15.9 Å². The number of hydrogen-bond donors (Lipinski definition) is 4. The third-order valence-corrected chi connectivity index (χ3v) is 8.02. The molecule has 10 nitrogen and oxygen atoms in total. The summed E-state index contributed by atoms with van der Waals surface area (Å²) in [5.41, 5.74) is 6.42. The lowest BCUT2D eigenvalue weighted by atomic mass is 10.0. The minimum Gasteiger partial charge on any atom is -0.457 e. The first kappa shape index (κ1) is 32.6. The van der Waals surface area contributed by atoms with Crippen molar-refractivity contribution >= 4 is 34.9 Å². The van der Waals surface area contributed by atoms with Crippen molar-refractivity contribution in [3.8, 4) is 11.5 Å². The Morgan fingerprint density at radius 3 is 2.36 bits per heavy atom. The minimum absolute atomic E-state index is 0.0971. The third-order valence-electron chi connectivity index (χ3n) is 6.97. The monoisotopic (exact) mass is 627 g/mol. The fraction of sp³-hybridized carbons (Fsp3) is 0.355. The van der Waals surface area contributed by atoms with Crippen LogP contribution in [0.15, 0.2) is 66.0 Å². The number of nitrogens with one attached hydrogen (secondary N) is 3. The maximum atomic E-state index is 13.5. The maximum Gasteiger partial charge on any atom is 0.345 e. The molecule has 0 aliphatic carbocycles. The highest BCUT2D eigenvalue weighted by Crippen LogP contribution is 2.29. The maximum absolute atomic E-state index is 13.5. The molecule has 4 rings (SSSR count). The normalized spacial score (nSPS) is 17.0. The Labute approximate surface area is 258 Å². The number of ether oxygens (including phenoxy) is 2. The van der Waals surface area contributed by atoms with Gasteiger partial charge in [0.05, 0.1) is 18.7 Å². The van der Waals surface area contributed by atoms with Gasteiger partial charge in [0.15, 0.2) is 0 Å². The smallest absolute Gasteiger partial charge is 0.345 e. The second-order valence-corrected chi connectivity index (χ2v) is 11.7.